The van der Waals surface area contributed by atoms with Gasteiger partial charge in [0.05, 0.1) is 23.5 Å². The first-order chi connectivity index (χ1) is 9.48. The first kappa shape index (κ1) is 14.7. The highest BCUT2D eigenvalue weighted by molar-refractivity contribution is 5.92. The molecule has 0 aromatic heterocycles. The van der Waals surface area contributed by atoms with Gasteiger partial charge in [-0.3, -0.25) is 0 Å². The molecule has 1 aromatic rings. The Bertz CT molecular complexity index is 493. The Morgan fingerprint density at radius 1 is 1.45 bits per heavy atom. The standard InChI is InChI=1S/C16H24N2O2/c1-4-20-15(19)12-5-6-13(17)14(9-12)18-10-16(7-8-16)11(2)3/h5-6,9,11,18H,4,7-8,10,17H2,1-3H3. The first-order valence-corrected chi connectivity index (χ1v) is 7.29. The fourth-order valence-electron chi connectivity index (χ4n) is 2.44. The van der Waals surface area contributed by atoms with Gasteiger partial charge in [0, 0.05) is 6.54 Å². The third-order valence-corrected chi connectivity index (χ3v) is 4.31. The molecule has 1 saturated carbocycles. The number of hydrogen-bond acceptors (Lipinski definition) is 4. The highest BCUT2D eigenvalue weighted by Gasteiger charge is 2.44. The second-order valence-electron chi connectivity index (χ2n) is 5.89. The largest absolute Gasteiger partial charge is 0.462 e. The van der Waals surface area contributed by atoms with E-state index in [1.54, 1.807) is 25.1 Å². The molecule has 1 aliphatic rings. The summed E-state index contributed by atoms with van der Waals surface area (Å²) in [5.41, 5.74) is 8.40. The van der Waals surface area contributed by atoms with E-state index in [1.807, 2.05) is 0 Å². The zero-order valence-electron chi connectivity index (χ0n) is 12.5. The van der Waals surface area contributed by atoms with Gasteiger partial charge in [-0.05, 0) is 49.3 Å². The van der Waals surface area contributed by atoms with Gasteiger partial charge < -0.3 is 15.8 Å². The molecular weight excluding hydrogens is 252 g/mol. The highest BCUT2D eigenvalue weighted by atomic mass is 16.5. The molecule has 4 nitrogen and oxygen atoms in total. The maximum absolute atomic E-state index is 11.7. The fraction of sp³-hybridized carbons (Fsp3) is 0.562. The van der Waals surface area contributed by atoms with Crippen LogP contribution in [0.2, 0.25) is 0 Å². The Kier molecular flexibility index (Phi) is 4.21. The minimum absolute atomic E-state index is 0.305. The van der Waals surface area contributed by atoms with Crippen molar-refractivity contribution in [2.45, 2.75) is 33.6 Å². The number of nitrogens with one attached hydrogen (secondary N) is 1. The molecule has 0 heterocycles. The minimum Gasteiger partial charge on any atom is -0.462 e. The van der Waals surface area contributed by atoms with E-state index in [1.165, 1.54) is 12.8 Å². The third kappa shape index (κ3) is 3.06. The van der Waals surface area contributed by atoms with Crippen LogP contribution in [-0.4, -0.2) is 19.1 Å². The predicted octanol–water partition coefficient (Wildman–Crippen LogP) is 3.29. The van der Waals surface area contributed by atoms with Gasteiger partial charge >= 0.3 is 5.97 Å². The molecule has 0 spiro atoms. The van der Waals surface area contributed by atoms with Crippen LogP contribution in [0, 0.1) is 11.3 Å². The summed E-state index contributed by atoms with van der Waals surface area (Å²) >= 11 is 0. The second kappa shape index (κ2) is 5.73. The van der Waals surface area contributed by atoms with Gasteiger partial charge in [-0.15, -0.1) is 0 Å². The Balaban J connectivity index is 2.07. The van der Waals surface area contributed by atoms with Crippen molar-refractivity contribution in [3.8, 4) is 0 Å². The van der Waals surface area contributed by atoms with E-state index in [0.29, 0.717) is 29.2 Å². The van der Waals surface area contributed by atoms with E-state index >= 15 is 0 Å². The normalized spacial score (nSPS) is 16.0. The lowest BCUT2D eigenvalue weighted by Crippen LogP contribution is -2.21. The van der Waals surface area contributed by atoms with Crippen LogP contribution >= 0.6 is 0 Å². The number of ether oxygens (including phenoxy) is 1. The Morgan fingerprint density at radius 3 is 2.70 bits per heavy atom. The number of hydrogen-bond donors (Lipinski definition) is 2. The predicted molar refractivity (Wildman–Crippen MR) is 81.8 cm³/mol. The van der Waals surface area contributed by atoms with Crippen LogP contribution in [0.25, 0.3) is 0 Å². The summed E-state index contributed by atoms with van der Waals surface area (Å²) < 4.78 is 5.01. The zero-order chi connectivity index (χ0) is 14.8. The van der Waals surface area contributed by atoms with E-state index in [0.717, 1.165) is 12.2 Å². The molecule has 1 aromatic carbocycles. The number of carbonyl (C=O) groups excluding carboxylic acids is 1. The maximum Gasteiger partial charge on any atom is 0.338 e. The monoisotopic (exact) mass is 276 g/mol. The third-order valence-electron chi connectivity index (χ3n) is 4.31. The van der Waals surface area contributed by atoms with Crippen LogP contribution < -0.4 is 11.1 Å². The number of rotatable bonds is 6. The lowest BCUT2D eigenvalue weighted by molar-refractivity contribution is 0.0526. The lowest BCUT2D eigenvalue weighted by atomic mass is 9.92. The van der Waals surface area contributed by atoms with Crippen molar-refractivity contribution < 1.29 is 9.53 Å². The molecule has 0 bridgehead atoms. The fourth-order valence-corrected chi connectivity index (χ4v) is 2.44. The SMILES string of the molecule is CCOC(=O)c1ccc(N)c(NCC2(C(C)C)CC2)c1. The second-order valence-corrected chi connectivity index (χ2v) is 5.89. The molecule has 4 heteroatoms. The number of carbonyl (C=O) groups is 1. The Labute approximate surface area is 120 Å². The Hall–Kier alpha value is -1.71. The van der Waals surface area contributed by atoms with Crippen LogP contribution in [0.15, 0.2) is 18.2 Å². The molecule has 0 amide bonds. The maximum atomic E-state index is 11.7. The summed E-state index contributed by atoms with van der Waals surface area (Å²) in [6.07, 6.45) is 2.52. The van der Waals surface area contributed by atoms with Crippen molar-refractivity contribution in [2.24, 2.45) is 11.3 Å². The van der Waals surface area contributed by atoms with Crippen molar-refractivity contribution >= 4 is 17.3 Å². The molecule has 3 N–H and O–H groups in total. The molecule has 2 rings (SSSR count). The van der Waals surface area contributed by atoms with E-state index in [4.69, 9.17) is 10.5 Å². The average molecular weight is 276 g/mol. The summed E-state index contributed by atoms with van der Waals surface area (Å²) in [4.78, 5) is 11.7. The van der Waals surface area contributed by atoms with Gasteiger partial charge in [0.2, 0.25) is 0 Å². The molecule has 20 heavy (non-hydrogen) atoms. The molecule has 0 atom stereocenters. The molecule has 1 aliphatic carbocycles. The van der Waals surface area contributed by atoms with Crippen LogP contribution in [0.3, 0.4) is 0 Å². The summed E-state index contributed by atoms with van der Waals surface area (Å²) in [5.74, 6) is 0.352. The van der Waals surface area contributed by atoms with Crippen LogP contribution in [0.1, 0.15) is 44.0 Å². The van der Waals surface area contributed by atoms with Gasteiger partial charge in [-0.2, -0.15) is 0 Å². The molecule has 0 saturated heterocycles. The minimum atomic E-state index is -0.305. The topological polar surface area (TPSA) is 64.3 Å². The Morgan fingerprint density at radius 2 is 2.15 bits per heavy atom. The molecule has 0 radical (unpaired) electrons. The van der Waals surface area contributed by atoms with E-state index in [2.05, 4.69) is 19.2 Å². The van der Waals surface area contributed by atoms with Crippen molar-refractivity contribution in [2.75, 3.05) is 24.2 Å². The summed E-state index contributed by atoms with van der Waals surface area (Å²) in [6, 6.07) is 5.24. The molecule has 1 fully saturated rings. The van der Waals surface area contributed by atoms with E-state index < -0.39 is 0 Å². The summed E-state index contributed by atoms with van der Waals surface area (Å²) in [6.45, 7) is 7.59. The average Bonchev–Trinajstić information content (AvgIpc) is 3.19. The van der Waals surface area contributed by atoms with E-state index in [9.17, 15) is 4.79 Å². The molecule has 0 aliphatic heterocycles. The van der Waals surface area contributed by atoms with Crippen molar-refractivity contribution in [3.05, 3.63) is 23.8 Å². The summed E-state index contributed by atoms with van der Waals surface area (Å²) in [5, 5.41) is 3.40. The van der Waals surface area contributed by atoms with Gasteiger partial charge in [-0.1, -0.05) is 13.8 Å². The van der Waals surface area contributed by atoms with Crippen LogP contribution in [-0.2, 0) is 4.74 Å². The number of benzene rings is 1. The molecule has 0 unspecified atom stereocenters. The number of nitrogen functional groups attached to an aromatic ring is 1. The van der Waals surface area contributed by atoms with Crippen LogP contribution in [0.5, 0.6) is 0 Å². The highest BCUT2D eigenvalue weighted by Crippen LogP contribution is 2.51. The number of esters is 1. The van der Waals surface area contributed by atoms with Crippen LogP contribution in [0.4, 0.5) is 11.4 Å². The molecular formula is C16H24N2O2. The van der Waals surface area contributed by atoms with Crippen molar-refractivity contribution in [3.63, 3.8) is 0 Å². The van der Waals surface area contributed by atoms with Gasteiger partial charge in [0.25, 0.3) is 0 Å². The van der Waals surface area contributed by atoms with Gasteiger partial charge in [0.15, 0.2) is 0 Å². The zero-order valence-corrected chi connectivity index (χ0v) is 12.5. The molecule has 110 valence electrons. The summed E-state index contributed by atoms with van der Waals surface area (Å²) in [7, 11) is 0. The first-order valence-electron chi connectivity index (χ1n) is 7.29. The quantitative estimate of drug-likeness (QED) is 0.618. The number of nitrogens with two attached hydrogens (primary N) is 1. The van der Waals surface area contributed by atoms with Gasteiger partial charge in [0.1, 0.15) is 0 Å². The van der Waals surface area contributed by atoms with Crippen molar-refractivity contribution in [1.82, 2.24) is 0 Å². The van der Waals surface area contributed by atoms with Gasteiger partial charge in [-0.25, -0.2) is 4.79 Å². The number of anilines is 2. The van der Waals surface area contributed by atoms with Crippen molar-refractivity contribution in [1.29, 1.82) is 0 Å². The van der Waals surface area contributed by atoms with E-state index in [-0.39, 0.29) is 5.97 Å². The lowest BCUT2D eigenvalue weighted by Gasteiger charge is -2.21. The smallest absolute Gasteiger partial charge is 0.338 e.